The summed E-state index contributed by atoms with van der Waals surface area (Å²) in [6, 6.07) is 11.2. The maximum Gasteiger partial charge on any atom is 0.0638 e. The lowest BCUT2D eigenvalue weighted by atomic mass is 10.0. The van der Waals surface area contributed by atoms with E-state index < -0.39 is 0 Å². The third-order valence-corrected chi connectivity index (χ3v) is 3.19. The van der Waals surface area contributed by atoms with Gasteiger partial charge in [0.2, 0.25) is 0 Å². The van der Waals surface area contributed by atoms with Gasteiger partial charge in [-0.1, -0.05) is 35.3 Å². The lowest BCUT2D eigenvalue weighted by molar-refractivity contribution is 1.19. The fourth-order valence-electron chi connectivity index (χ4n) is 1.60. The molecule has 0 aliphatic heterocycles. The molecule has 0 bridgehead atoms. The maximum atomic E-state index is 5.97. The number of nitrogen functional groups attached to an aromatic ring is 2. The molecule has 2 nitrogen and oxygen atoms in total. The van der Waals surface area contributed by atoms with Gasteiger partial charge in [0.15, 0.2) is 0 Å². The first-order valence-corrected chi connectivity index (χ1v) is 5.89. The zero-order chi connectivity index (χ0) is 12.4. The van der Waals surface area contributed by atoms with Gasteiger partial charge >= 0.3 is 0 Å². The zero-order valence-corrected chi connectivity index (χ0v) is 13.0. The fraction of sp³-hybridized carbons (Fsp3) is 0.0769. The molecule has 104 valence electrons. The molecule has 0 saturated heterocycles. The van der Waals surface area contributed by atoms with Gasteiger partial charge in [-0.3, -0.25) is 0 Å². The first kappa shape index (κ1) is 18.2. The molecule has 2 aromatic rings. The van der Waals surface area contributed by atoms with E-state index in [1.54, 1.807) is 12.1 Å². The molecule has 0 aliphatic carbocycles. The molecule has 6 heteroatoms. The van der Waals surface area contributed by atoms with Crippen LogP contribution in [-0.4, -0.2) is 0 Å². The molecule has 2 aromatic carbocycles. The Morgan fingerprint density at radius 3 is 1.42 bits per heavy atom. The van der Waals surface area contributed by atoms with Crippen molar-refractivity contribution in [2.45, 2.75) is 6.42 Å². The Kier molecular flexibility index (Phi) is 7.38. The maximum absolute atomic E-state index is 5.97. The van der Waals surface area contributed by atoms with E-state index in [2.05, 4.69) is 0 Å². The summed E-state index contributed by atoms with van der Waals surface area (Å²) >= 11 is 11.9. The number of hydrogen-bond acceptors (Lipinski definition) is 2. The molecule has 0 aromatic heterocycles. The number of halogens is 4. The summed E-state index contributed by atoms with van der Waals surface area (Å²) in [4.78, 5) is 0. The Hall–Kier alpha value is -0.800. The predicted octanol–water partition coefficient (Wildman–Crippen LogP) is 4.59. The smallest absolute Gasteiger partial charge is 0.0638 e. The Labute approximate surface area is 134 Å². The van der Waals surface area contributed by atoms with Crippen molar-refractivity contribution in [3.05, 3.63) is 57.6 Å². The van der Waals surface area contributed by atoms with Crippen LogP contribution in [0.2, 0.25) is 10.0 Å². The van der Waals surface area contributed by atoms with Crippen LogP contribution in [0.3, 0.4) is 0 Å². The average Bonchev–Trinajstić information content (AvgIpc) is 2.29. The normalized spacial score (nSPS) is 9.37. The summed E-state index contributed by atoms with van der Waals surface area (Å²) in [7, 11) is 0. The van der Waals surface area contributed by atoms with Gasteiger partial charge < -0.3 is 11.5 Å². The molecule has 0 radical (unpaired) electrons. The van der Waals surface area contributed by atoms with E-state index in [0.717, 1.165) is 17.5 Å². The van der Waals surface area contributed by atoms with E-state index in [-0.39, 0.29) is 24.8 Å². The topological polar surface area (TPSA) is 52.0 Å². The largest absolute Gasteiger partial charge is 0.398 e. The van der Waals surface area contributed by atoms with Crippen LogP contribution in [0.1, 0.15) is 11.1 Å². The third-order valence-electron chi connectivity index (χ3n) is 2.54. The molecule has 0 heterocycles. The SMILES string of the molecule is Cl.Cl.Nc1ccc(Cc2ccc(N)c(Cl)c2)cc1Cl. The highest BCUT2D eigenvalue weighted by atomic mass is 35.5. The van der Waals surface area contributed by atoms with Crippen LogP contribution in [0.15, 0.2) is 36.4 Å². The van der Waals surface area contributed by atoms with Gasteiger partial charge in [0.1, 0.15) is 0 Å². The van der Waals surface area contributed by atoms with Crippen molar-refractivity contribution in [1.29, 1.82) is 0 Å². The number of nitrogens with two attached hydrogens (primary N) is 2. The minimum absolute atomic E-state index is 0. The molecular formula is C13H14Cl4N2. The molecule has 0 unspecified atom stereocenters. The summed E-state index contributed by atoms with van der Waals surface area (Å²) in [5, 5.41) is 1.15. The Morgan fingerprint density at radius 1 is 0.737 bits per heavy atom. The van der Waals surface area contributed by atoms with E-state index in [1.165, 1.54) is 0 Å². The lowest BCUT2D eigenvalue weighted by Gasteiger charge is -2.06. The van der Waals surface area contributed by atoms with Crippen LogP contribution in [0.4, 0.5) is 11.4 Å². The van der Waals surface area contributed by atoms with E-state index in [4.69, 9.17) is 34.7 Å². The van der Waals surface area contributed by atoms with Crippen LogP contribution < -0.4 is 11.5 Å². The predicted molar refractivity (Wildman–Crippen MR) is 89.0 cm³/mol. The summed E-state index contributed by atoms with van der Waals surface area (Å²) < 4.78 is 0. The second kappa shape index (κ2) is 7.71. The number of benzene rings is 2. The molecule has 0 saturated carbocycles. The van der Waals surface area contributed by atoms with Crippen LogP contribution in [-0.2, 0) is 6.42 Å². The van der Waals surface area contributed by atoms with Gasteiger partial charge in [-0.15, -0.1) is 24.8 Å². The molecule has 0 aliphatic rings. The molecule has 2 rings (SSSR count). The van der Waals surface area contributed by atoms with Gasteiger partial charge in [-0.2, -0.15) is 0 Å². The Balaban J connectivity index is 0.00000162. The number of rotatable bonds is 2. The minimum atomic E-state index is 0. The van der Waals surface area contributed by atoms with Crippen molar-refractivity contribution in [3.8, 4) is 0 Å². The molecular weight excluding hydrogens is 326 g/mol. The van der Waals surface area contributed by atoms with Gasteiger partial charge in [0.05, 0.1) is 21.4 Å². The van der Waals surface area contributed by atoms with E-state index >= 15 is 0 Å². The van der Waals surface area contributed by atoms with Gasteiger partial charge in [0.25, 0.3) is 0 Å². The summed E-state index contributed by atoms with van der Waals surface area (Å²) in [5.41, 5.74) is 14.7. The Bertz CT molecular complexity index is 509. The Morgan fingerprint density at radius 2 is 1.11 bits per heavy atom. The monoisotopic (exact) mass is 338 g/mol. The van der Waals surface area contributed by atoms with Crippen molar-refractivity contribution in [2.75, 3.05) is 11.5 Å². The van der Waals surface area contributed by atoms with E-state index in [0.29, 0.717) is 21.4 Å². The standard InChI is InChI=1S/C13H12Cl2N2.2ClH/c14-10-6-8(1-3-12(10)16)5-9-2-4-13(17)11(15)7-9;;/h1-4,6-7H,5,16-17H2;2*1H. The molecule has 0 spiro atoms. The second-order valence-electron chi connectivity index (χ2n) is 3.89. The van der Waals surface area contributed by atoms with Crippen LogP contribution in [0.25, 0.3) is 0 Å². The average molecular weight is 340 g/mol. The van der Waals surface area contributed by atoms with Crippen molar-refractivity contribution in [3.63, 3.8) is 0 Å². The highest BCUT2D eigenvalue weighted by molar-refractivity contribution is 6.33. The van der Waals surface area contributed by atoms with E-state index in [1.807, 2.05) is 24.3 Å². The minimum Gasteiger partial charge on any atom is -0.398 e. The lowest BCUT2D eigenvalue weighted by Crippen LogP contribution is -1.93. The van der Waals surface area contributed by atoms with Crippen LogP contribution in [0.5, 0.6) is 0 Å². The first-order valence-electron chi connectivity index (χ1n) is 5.14. The molecule has 4 N–H and O–H groups in total. The van der Waals surface area contributed by atoms with E-state index in [9.17, 15) is 0 Å². The van der Waals surface area contributed by atoms with Crippen molar-refractivity contribution in [2.24, 2.45) is 0 Å². The highest BCUT2D eigenvalue weighted by Crippen LogP contribution is 2.24. The van der Waals surface area contributed by atoms with Crippen molar-refractivity contribution >= 4 is 59.4 Å². The van der Waals surface area contributed by atoms with Crippen LogP contribution >= 0.6 is 48.0 Å². The second-order valence-corrected chi connectivity index (χ2v) is 4.70. The van der Waals surface area contributed by atoms with Gasteiger partial charge in [-0.05, 0) is 41.8 Å². The molecule has 0 amide bonds. The van der Waals surface area contributed by atoms with Crippen molar-refractivity contribution < 1.29 is 0 Å². The highest BCUT2D eigenvalue weighted by Gasteiger charge is 2.02. The summed E-state index contributed by atoms with van der Waals surface area (Å²) in [6.45, 7) is 0. The van der Waals surface area contributed by atoms with Gasteiger partial charge in [-0.25, -0.2) is 0 Å². The summed E-state index contributed by atoms with van der Waals surface area (Å²) in [5.74, 6) is 0. The molecule has 0 fully saturated rings. The van der Waals surface area contributed by atoms with Crippen molar-refractivity contribution in [1.82, 2.24) is 0 Å². The van der Waals surface area contributed by atoms with Gasteiger partial charge in [0, 0.05) is 0 Å². The number of hydrogen-bond donors (Lipinski definition) is 2. The quantitative estimate of drug-likeness (QED) is 0.786. The van der Waals surface area contributed by atoms with Crippen LogP contribution in [0, 0.1) is 0 Å². The fourth-order valence-corrected chi connectivity index (χ4v) is 2.00. The zero-order valence-electron chi connectivity index (χ0n) is 9.90. The summed E-state index contributed by atoms with van der Waals surface area (Å²) in [6.07, 6.45) is 0.750. The molecule has 19 heavy (non-hydrogen) atoms. The third kappa shape index (κ3) is 4.66. The first-order chi connectivity index (χ1) is 8.06. The number of anilines is 2. The molecule has 0 atom stereocenters.